The predicted octanol–water partition coefficient (Wildman–Crippen LogP) is 21.0. The van der Waals surface area contributed by atoms with Crippen LogP contribution in [0.2, 0.25) is 0 Å². The lowest BCUT2D eigenvalue weighted by molar-refractivity contribution is 0.569. The Morgan fingerprint density at radius 1 is 0.289 bits per heavy atom. The maximum atomic E-state index is 2.55. The number of aromatic nitrogens is 1. The van der Waals surface area contributed by atoms with E-state index in [9.17, 15) is 0 Å². The van der Waals surface area contributed by atoms with Crippen molar-refractivity contribution < 1.29 is 0 Å². The van der Waals surface area contributed by atoms with E-state index in [4.69, 9.17) is 0 Å². The molecular weight excluding hydrogens is 917 g/mol. The molecule has 0 amide bonds. The molecule has 1 aromatic heterocycles. The minimum Gasteiger partial charge on any atom is -0.309 e. The number of nitrogens with zero attached hydrogens (tertiary/aromatic N) is 2. The molecule has 0 saturated carbocycles. The number of anilines is 3. The molecule has 0 bridgehead atoms. The first-order chi connectivity index (χ1) is 37.0. The Morgan fingerprint density at radius 2 is 0.776 bits per heavy atom. The lowest BCUT2D eigenvalue weighted by atomic mass is 9.78. The van der Waals surface area contributed by atoms with Crippen molar-refractivity contribution in [2.24, 2.45) is 0 Å². The van der Waals surface area contributed by atoms with E-state index < -0.39 is 0 Å². The molecule has 0 saturated heterocycles. The Kier molecular flexibility index (Phi) is 11.4. The maximum absolute atomic E-state index is 2.55. The van der Waals surface area contributed by atoms with Crippen molar-refractivity contribution in [1.29, 1.82) is 0 Å². The molecule has 2 heteroatoms. The van der Waals surface area contributed by atoms with Crippen molar-refractivity contribution in [1.82, 2.24) is 4.57 Å². The van der Waals surface area contributed by atoms with Gasteiger partial charge in [-0.3, -0.25) is 0 Å². The summed E-state index contributed by atoms with van der Waals surface area (Å²) in [6.45, 7) is 14.0. The van der Waals surface area contributed by atoms with E-state index in [1.165, 1.54) is 87.5 Å². The quantitative estimate of drug-likeness (QED) is 0.138. The molecule has 366 valence electrons. The lowest BCUT2D eigenvalue weighted by Crippen LogP contribution is -2.16. The highest BCUT2D eigenvalue weighted by Gasteiger charge is 2.27. The Labute approximate surface area is 446 Å². The number of fused-ring (bicyclic) bond motifs is 7. The van der Waals surface area contributed by atoms with Gasteiger partial charge in [0.2, 0.25) is 0 Å². The van der Waals surface area contributed by atoms with Crippen LogP contribution in [0.15, 0.2) is 255 Å². The average Bonchev–Trinajstić information content (AvgIpc) is 3.83. The molecule has 13 rings (SSSR count). The number of hydrogen-bond acceptors (Lipinski definition) is 1. The molecule has 0 aliphatic heterocycles. The zero-order chi connectivity index (χ0) is 51.7. The first-order valence-electron chi connectivity index (χ1n) is 26.8. The minimum absolute atomic E-state index is 0.0306. The smallest absolute Gasteiger partial charge is 0.0547 e. The molecular formula is C74H60N2. The third-order valence-corrected chi connectivity index (χ3v) is 15.7. The SMILES string of the molecule is CC(C)(C)c1cc(-c2cccc3cccc(-c4ccccc4N(c4ccccc4-c4ccc5c6ccccc6n(-c6ccccc6)c5c4)c4ccccc4-c4cccc5c4ccc4ccccc45)c23)cc(C(C)(C)C)c1. The second-order valence-electron chi connectivity index (χ2n) is 22.5. The second-order valence-corrected chi connectivity index (χ2v) is 22.5. The lowest BCUT2D eigenvalue weighted by Gasteiger charge is -2.32. The monoisotopic (exact) mass is 976 g/mol. The predicted molar refractivity (Wildman–Crippen MR) is 327 cm³/mol. The summed E-state index contributed by atoms with van der Waals surface area (Å²) in [6.07, 6.45) is 0. The van der Waals surface area contributed by atoms with Gasteiger partial charge in [0.25, 0.3) is 0 Å². The van der Waals surface area contributed by atoms with Gasteiger partial charge >= 0.3 is 0 Å². The molecule has 0 radical (unpaired) electrons. The third kappa shape index (κ3) is 8.04. The zero-order valence-corrected chi connectivity index (χ0v) is 44.1. The molecule has 0 unspecified atom stereocenters. The fraction of sp³-hybridized carbons (Fsp3) is 0.108. The van der Waals surface area contributed by atoms with E-state index in [0.29, 0.717) is 0 Å². The third-order valence-electron chi connectivity index (χ3n) is 15.7. The largest absolute Gasteiger partial charge is 0.309 e. The normalized spacial score (nSPS) is 12.1. The van der Waals surface area contributed by atoms with E-state index in [-0.39, 0.29) is 10.8 Å². The Bertz CT molecular complexity index is 4330. The molecule has 1 heterocycles. The molecule has 76 heavy (non-hydrogen) atoms. The number of hydrogen-bond donors (Lipinski definition) is 0. The summed E-state index contributed by atoms with van der Waals surface area (Å²) < 4.78 is 2.42. The minimum atomic E-state index is -0.0306. The van der Waals surface area contributed by atoms with E-state index in [1.54, 1.807) is 0 Å². The molecule has 2 nitrogen and oxygen atoms in total. The van der Waals surface area contributed by atoms with E-state index in [2.05, 4.69) is 306 Å². The number of rotatable bonds is 8. The van der Waals surface area contributed by atoms with Crippen LogP contribution in [0.5, 0.6) is 0 Å². The standard InChI is InChI=1S/C74H60N2/c1-73(2,3)53-45-52(46-54(48-53)74(4,5)6)58-33-20-24-50-25-21-36-66(72(50)58)64-32-15-19-40-70(64)76(69-39-18-13-30-62(69)60-35-22-34-59-56-28-11-10-23-49(56)41-43-61(59)60)67-37-16-12-29-57(67)51-42-44-65-63-31-14-17-38-68(63)75(71(65)47-51)55-26-8-7-9-27-55/h7-48H,1-6H3. The van der Waals surface area contributed by atoms with Crippen LogP contribution in [-0.2, 0) is 10.8 Å². The van der Waals surface area contributed by atoms with Crippen LogP contribution in [0.4, 0.5) is 17.1 Å². The van der Waals surface area contributed by atoms with Crippen molar-refractivity contribution >= 4 is 71.2 Å². The van der Waals surface area contributed by atoms with Gasteiger partial charge < -0.3 is 9.47 Å². The fourth-order valence-corrected chi connectivity index (χ4v) is 11.8. The van der Waals surface area contributed by atoms with Crippen molar-refractivity contribution in [3.05, 3.63) is 266 Å². The fourth-order valence-electron chi connectivity index (χ4n) is 11.8. The van der Waals surface area contributed by atoms with Crippen LogP contribution in [0.1, 0.15) is 52.7 Å². The van der Waals surface area contributed by atoms with Gasteiger partial charge in [0.05, 0.1) is 28.1 Å². The highest BCUT2D eigenvalue weighted by molar-refractivity contribution is 6.15. The van der Waals surface area contributed by atoms with Gasteiger partial charge in [0, 0.05) is 33.2 Å². The van der Waals surface area contributed by atoms with Gasteiger partial charge in [0.1, 0.15) is 0 Å². The van der Waals surface area contributed by atoms with Crippen LogP contribution < -0.4 is 4.90 Å². The Hall–Kier alpha value is -8.98. The van der Waals surface area contributed by atoms with Crippen molar-refractivity contribution in [2.75, 3.05) is 4.90 Å². The van der Waals surface area contributed by atoms with Crippen LogP contribution in [-0.4, -0.2) is 4.57 Å². The van der Waals surface area contributed by atoms with Gasteiger partial charge in [-0.25, -0.2) is 0 Å². The van der Waals surface area contributed by atoms with Crippen molar-refractivity contribution in [3.8, 4) is 50.2 Å². The second kappa shape index (κ2) is 18.4. The summed E-state index contributed by atoms with van der Waals surface area (Å²) in [6, 6.07) is 94.9. The number of benzene rings is 12. The topological polar surface area (TPSA) is 8.17 Å². The summed E-state index contributed by atoms with van der Waals surface area (Å²) >= 11 is 0. The summed E-state index contributed by atoms with van der Waals surface area (Å²) in [7, 11) is 0. The van der Waals surface area contributed by atoms with Crippen molar-refractivity contribution in [3.63, 3.8) is 0 Å². The molecule has 0 aliphatic rings. The van der Waals surface area contributed by atoms with Gasteiger partial charge in [-0.15, -0.1) is 0 Å². The van der Waals surface area contributed by atoms with E-state index in [0.717, 1.165) is 45.0 Å². The molecule has 0 spiro atoms. The molecule has 12 aromatic carbocycles. The van der Waals surface area contributed by atoms with Crippen LogP contribution in [0.25, 0.3) is 104 Å². The summed E-state index contributed by atoms with van der Waals surface area (Å²) in [4.78, 5) is 2.55. The highest BCUT2D eigenvalue weighted by atomic mass is 15.2. The Balaban J connectivity index is 1.09. The van der Waals surface area contributed by atoms with E-state index in [1.807, 2.05) is 0 Å². The summed E-state index contributed by atoms with van der Waals surface area (Å²) in [5.41, 5.74) is 18.8. The summed E-state index contributed by atoms with van der Waals surface area (Å²) in [5.74, 6) is 0. The van der Waals surface area contributed by atoms with E-state index >= 15 is 0 Å². The van der Waals surface area contributed by atoms with Crippen molar-refractivity contribution in [2.45, 2.75) is 52.4 Å². The zero-order valence-electron chi connectivity index (χ0n) is 44.1. The molecule has 13 aromatic rings. The highest BCUT2D eigenvalue weighted by Crippen LogP contribution is 2.51. The maximum Gasteiger partial charge on any atom is 0.0547 e. The van der Waals surface area contributed by atoms with Gasteiger partial charge in [0.15, 0.2) is 0 Å². The van der Waals surface area contributed by atoms with Crippen LogP contribution in [0.3, 0.4) is 0 Å². The van der Waals surface area contributed by atoms with Crippen LogP contribution >= 0.6 is 0 Å². The molecule has 0 aliphatic carbocycles. The Morgan fingerprint density at radius 3 is 1.47 bits per heavy atom. The number of para-hydroxylation sites is 5. The summed E-state index contributed by atoms with van der Waals surface area (Å²) in [5, 5.41) is 9.88. The van der Waals surface area contributed by atoms with Gasteiger partial charge in [-0.2, -0.15) is 0 Å². The van der Waals surface area contributed by atoms with Gasteiger partial charge in [-0.1, -0.05) is 254 Å². The molecule has 0 atom stereocenters. The average molecular weight is 977 g/mol. The van der Waals surface area contributed by atoms with Gasteiger partial charge in [-0.05, 0) is 125 Å². The first kappa shape index (κ1) is 46.8. The van der Waals surface area contributed by atoms with Crippen LogP contribution in [0, 0.1) is 0 Å². The molecule has 0 N–H and O–H groups in total. The molecule has 0 fully saturated rings. The first-order valence-corrected chi connectivity index (χ1v) is 26.8.